The molecule has 4 bridgehead atoms. The van der Waals surface area contributed by atoms with Gasteiger partial charge in [-0.2, -0.15) is 0 Å². The zero-order valence-electron chi connectivity index (χ0n) is 19.6. The van der Waals surface area contributed by atoms with Gasteiger partial charge in [-0.1, -0.05) is 18.2 Å². The first-order valence-electron chi connectivity index (χ1n) is 12.3. The van der Waals surface area contributed by atoms with Crippen molar-refractivity contribution in [2.24, 2.45) is 23.2 Å². The molecule has 0 atom stereocenters. The molecular weight excluding hydrogens is 428 g/mol. The van der Waals surface area contributed by atoms with Crippen molar-refractivity contribution in [1.29, 1.82) is 0 Å². The van der Waals surface area contributed by atoms with Crippen LogP contribution in [0.2, 0.25) is 0 Å². The highest BCUT2D eigenvalue weighted by Crippen LogP contribution is 2.61. The van der Waals surface area contributed by atoms with Crippen molar-refractivity contribution >= 4 is 23.5 Å². The molecule has 4 saturated carbocycles. The normalized spacial score (nSPS) is 26.7. The van der Waals surface area contributed by atoms with E-state index < -0.39 is 5.97 Å². The first-order chi connectivity index (χ1) is 16.4. The van der Waals surface area contributed by atoms with Crippen molar-refractivity contribution in [3.05, 3.63) is 59.7 Å². The Morgan fingerprint density at radius 2 is 1.59 bits per heavy atom. The van der Waals surface area contributed by atoms with Gasteiger partial charge in [0.1, 0.15) is 5.75 Å². The number of anilines is 1. The second kappa shape index (κ2) is 9.24. The summed E-state index contributed by atoms with van der Waals surface area (Å²) in [5.41, 5.74) is 2.31. The minimum Gasteiger partial charge on any atom is -0.427 e. The van der Waals surface area contributed by atoms with Crippen LogP contribution in [0, 0.1) is 23.2 Å². The summed E-state index contributed by atoms with van der Waals surface area (Å²) in [5.74, 6) is 2.33. The largest absolute Gasteiger partial charge is 0.427 e. The van der Waals surface area contributed by atoms with E-state index in [0.717, 1.165) is 23.3 Å². The first-order valence-corrected chi connectivity index (χ1v) is 12.3. The van der Waals surface area contributed by atoms with Gasteiger partial charge in [-0.05, 0) is 97.6 Å². The van der Waals surface area contributed by atoms with Gasteiger partial charge < -0.3 is 15.4 Å². The Morgan fingerprint density at radius 3 is 2.21 bits per heavy atom. The summed E-state index contributed by atoms with van der Waals surface area (Å²) in [6, 6.07) is 14.0. The van der Waals surface area contributed by atoms with Gasteiger partial charge in [0.25, 0.3) is 5.91 Å². The maximum absolute atomic E-state index is 12.8. The van der Waals surface area contributed by atoms with Gasteiger partial charge in [0.2, 0.25) is 5.91 Å². The van der Waals surface area contributed by atoms with Crippen LogP contribution in [0.5, 0.6) is 5.75 Å². The van der Waals surface area contributed by atoms with Gasteiger partial charge in [0.05, 0.1) is 0 Å². The first kappa shape index (κ1) is 22.6. The summed E-state index contributed by atoms with van der Waals surface area (Å²) in [6.45, 7) is 1.81. The van der Waals surface area contributed by atoms with Crippen LogP contribution in [-0.2, 0) is 16.1 Å². The molecule has 0 unspecified atom stereocenters. The van der Waals surface area contributed by atoms with E-state index in [0.29, 0.717) is 30.0 Å². The minimum absolute atomic E-state index is 0.159. The van der Waals surface area contributed by atoms with Crippen LogP contribution in [0.1, 0.15) is 67.8 Å². The highest BCUT2D eigenvalue weighted by molar-refractivity contribution is 6.04. The maximum atomic E-state index is 12.8. The average molecular weight is 461 g/mol. The van der Waals surface area contributed by atoms with Crippen molar-refractivity contribution < 1.29 is 19.1 Å². The summed E-state index contributed by atoms with van der Waals surface area (Å²) >= 11 is 0. The molecular formula is C28H32N2O4. The van der Waals surface area contributed by atoms with Crippen LogP contribution in [0.4, 0.5) is 5.69 Å². The fourth-order valence-corrected chi connectivity index (χ4v) is 6.89. The Kier molecular flexibility index (Phi) is 6.15. The molecule has 4 aliphatic carbocycles. The number of hydrogen-bond acceptors (Lipinski definition) is 4. The summed E-state index contributed by atoms with van der Waals surface area (Å²) < 4.78 is 5.04. The number of ether oxygens (including phenoxy) is 1. The second-order valence-corrected chi connectivity index (χ2v) is 10.6. The van der Waals surface area contributed by atoms with Gasteiger partial charge >= 0.3 is 5.97 Å². The van der Waals surface area contributed by atoms with Crippen molar-refractivity contribution in [3.63, 3.8) is 0 Å². The summed E-state index contributed by atoms with van der Waals surface area (Å²) in [7, 11) is 0. The molecule has 2 N–H and O–H groups in total. The quantitative estimate of drug-likeness (QED) is 0.445. The van der Waals surface area contributed by atoms with E-state index in [1.165, 1.54) is 51.5 Å². The Balaban J connectivity index is 1.12. The van der Waals surface area contributed by atoms with Crippen molar-refractivity contribution in [2.75, 3.05) is 5.32 Å². The molecule has 4 fully saturated rings. The Morgan fingerprint density at radius 1 is 0.941 bits per heavy atom. The topological polar surface area (TPSA) is 84.5 Å². The third-order valence-corrected chi connectivity index (χ3v) is 7.76. The van der Waals surface area contributed by atoms with Crippen LogP contribution in [0.25, 0.3) is 0 Å². The number of nitrogens with one attached hydrogen (secondary N) is 2. The fraction of sp³-hybridized carbons (Fsp3) is 0.464. The number of benzene rings is 2. The molecule has 34 heavy (non-hydrogen) atoms. The molecule has 4 aliphatic rings. The Bertz CT molecular complexity index is 1060. The third-order valence-electron chi connectivity index (χ3n) is 7.76. The van der Waals surface area contributed by atoms with E-state index in [1.807, 2.05) is 24.3 Å². The molecule has 0 aliphatic heterocycles. The van der Waals surface area contributed by atoms with Crippen LogP contribution >= 0.6 is 0 Å². The molecule has 0 spiro atoms. The van der Waals surface area contributed by atoms with Crippen molar-refractivity contribution in [2.45, 2.75) is 58.4 Å². The van der Waals surface area contributed by atoms with Crippen molar-refractivity contribution in [3.8, 4) is 5.75 Å². The zero-order valence-corrected chi connectivity index (χ0v) is 19.6. The van der Waals surface area contributed by atoms with Gasteiger partial charge in [0, 0.05) is 31.1 Å². The molecule has 0 saturated heterocycles. The SMILES string of the molecule is CC(=O)Oc1cccc(C(=O)Nc2ccc(CNC(=O)CC34CC5CC(CC(C5)C3)C4)cc2)c1. The number of hydrogen-bond donors (Lipinski definition) is 2. The highest BCUT2D eigenvalue weighted by atomic mass is 16.5. The minimum atomic E-state index is -0.432. The fourth-order valence-electron chi connectivity index (χ4n) is 6.89. The Hall–Kier alpha value is -3.15. The highest BCUT2D eigenvalue weighted by Gasteiger charge is 2.51. The molecule has 6 nitrogen and oxygen atoms in total. The predicted octanol–water partition coefficient (Wildman–Crippen LogP) is 5.09. The molecule has 178 valence electrons. The molecule has 0 radical (unpaired) electrons. The lowest BCUT2D eigenvalue weighted by Gasteiger charge is -2.56. The monoisotopic (exact) mass is 460 g/mol. The molecule has 6 rings (SSSR count). The zero-order chi connectivity index (χ0) is 23.7. The molecule has 0 aromatic heterocycles. The van der Waals surface area contributed by atoms with Crippen LogP contribution < -0.4 is 15.4 Å². The molecule has 2 aromatic rings. The summed E-state index contributed by atoms with van der Waals surface area (Å²) in [6.07, 6.45) is 8.56. The number of rotatable bonds is 7. The van der Waals surface area contributed by atoms with Gasteiger partial charge in [-0.15, -0.1) is 0 Å². The van der Waals surface area contributed by atoms with Crippen molar-refractivity contribution in [1.82, 2.24) is 5.32 Å². The lowest BCUT2D eigenvalue weighted by atomic mass is 9.49. The van der Waals surface area contributed by atoms with Gasteiger partial charge in [-0.25, -0.2) is 0 Å². The maximum Gasteiger partial charge on any atom is 0.308 e. The number of esters is 1. The van der Waals surface area contributed by atoms with Crippen LogP contribution in [-0.4, -0.2) is 17.8 Å². The van der Waals surface area contributed by atoms with Crippen LogP contribution in [0.15, 0.2) is 48.5 Å². The lowest BCUT2D eigenvalue weighted by molar-refractivity contribution is -0.132. The molecule has 0 heterocycles. The summed E-state index contributed by atoms with van der Waals surface area (Å²) in [4.78, 5) is 36.4. The predicted molar refractivity (Wildman–Crippen MR) is 129 cm³/mol. The van der Waals surface area contributed by atoms with E-state index in [2.05, 4.69) is 10.6 Å². The van der Waals surface area contributed by atoms with E-state index in [4.69, 9.17) is 4.74 Å². The van der Waals surface area contributed by atoms with E-state index in [9.17, 15) is 14.4 Å². The number of carbonyl (C=O) groups excluding carboxylic acids is 3. The average Bonchev–Trinajstić information content (AvgIpc) is 2.77. The van der Waals surface area contributed by atoms with Crippen LogP contribution in [0.3, 0.4) is 0 Å². The standard InChI is InChI=1S/C28H32N2O4/c1-18(31)34-25-4-2-3-23(12-25)27(33)30-24-7-5-19(6-8-24)17-29-26(32)16-28-13-20-9-21(14-28)11-22(10-20)15-28/h2-8,12,20-22H,9-11,13-17H2,1H3,(H,29,32)(H,30,33). The second-order valence-electron chi connectivity index (χ2n) is 10.6. The molecule has 2 amide bonds. The molecule has 6 heteroatoms. The lowest BCUT2D eigenvalue weighted by Crippen LogP contribution is -2.47. The molecule has 2 aromatic carbocycles. The van der Waals surface area contributed by atoms with E-state index in [1.54, 1.807) is 18.2 Å². The number of carbonyl (C=O) groups is 3. The number of amides is 2. The Labute approximate surface area is 200 Å². The van der Waals surface area contributed by atoms with Gasteiger partial charge in [0.15, 0.2) is 0 Å². The van der Waals surface area contributed by atoms with Gasteiger partial charge in [-0.3, -0.25) is 14.4 Å². The third kappa shape index (κ3) is 5.16. The van der Waals surface area contributed by atoms with E-state index >= 15 is 0 Å². The van der Waals surface area contributed by atoms with E-state index in [-0.39, 0.29) is 17.2 Å². The summed E-state index contributed by atoms with van der Waals surface area (Å²) in [5, 5.41) is 5.96. The smallest absolute Gasteiger partial charge is 0.308 e.